The molecule has 12 aromatic rings. The van der Waals surface area contributed by atoms with Crippen molar-refractivity contribution in [1.29, 1.82) is 10.5 Å². The topological polar surface area (TPSA) is 57.4 Å². The van der Waals surface area contributed by atoms with Gasteiger partial charge in [-0.2, -0.15) is 23.7 Å². The summed E-state index contributed by atoms with van der Waals surface area (Å²) in [6.07, 6.45) is -4.84. The van der Waals surface area contributed by atoms with E-state index in [1.807, 2.05) is 54.6 Å². The van der Waals surface area contributed by atoms with Gasteiger partial charge in [0.05, 0.1) is 62.3 Å². The zero-order chi connectivity index (χ0) is 51.0. The highest BCUT2D eigenvalue weighted by molar-refractivity contribution is 6.14. The fourth-order valence-corrected chi connectivity index (χ4v) is 11.2. The van der Waals surface area contributed by atoms with E-state index < -0.39 is 11.7 Å². The summed E-state index contributed by atoms with van der Waals surface area (Å²) in [7, 11) is 0. The van der Waals surface area contributed by atoms with Gasteiger partial charge in [0.2, 0.25) is 0 Å². The van der Waals surface area contributed by atoms with Crippen molar-refractivity contribution in [2.45, 2.75) is 33.9 Å². The predicted molar refractivity (Wildman–Crippen MR) is 296 cm³/mol. The monoisotopic (exact) mass is 962 g/mol. The van der Waals surface area contributed by atoms with E-state index >= 15 is 13.2 Å². The van der Waals surface area contributed by atoms with E-state index in [2.05, 4.69) is 164 Å². The molecule has 10 aromatic carbocycles. The van der Waals surface area contributed by atoms with Crippen LogP contribution < -0.4 is 0 Å². The lowest BCUT2D eigenvalue weighted by Crippen LogP contribution is -2.10. The van der Waals surface area contributed by atoms with Gasteiger partial charge in [-0.25, -0.2) is 0 Å². The summed E-state index contributed by atoms with van der Waals surface area (Å²) in [6.45, 7) is 8.39. The normalized spacial score (nSPS) is 11.7. The van der Waals surface area contributed by atoms with Crippen molar-refractivity contribution in [2.75, 3.05) is 0 Å². The Morgan fingerprint density at radius 1 is 0.351 bits per heavy atom. The summed E-state index contributed by atoms with van der Waals surface area (Å²) in [4.78, 5) is 0. The molecule has 2 aromatic heterocycles. The number of halogens is 3. The van der Waals surface area contributed by atoms with Gasteiger partial charge in [0.1, 0.15) is 0 Å². The number of nitriles is 2. The van der Waals surface area contributed by atoms with E-state index in [4.69, 9.17) is 0 Å². The minimum Gasteiger partial charge on any atom is -0.307 e. The smallest absolute Gasteiger partial charge is 0.307 e. The molecule has 4 nitrogen and oxygen atoms in total. The minimum absolute atomic E-state index is 0.00299. The van der Waals surface area contributed by atoms with Crippen LogP contribution in [0.15, 0.2) is 200 Å². The maximum absolute atomic E-state index is 15.3. The first-order valence-corrected chi connectivity index (χ1v) is 24.5. The Balaban J connectivity index is 1.25. The minimum atomic E-state index is -4.84. The van der Waals surface area contributed by atoms with Gasteiger partial charge in [-0.3, -0.25) is 0 Å². The summed E-state index contributed by atoms with van der Waals surface area (Å²) >= 11 is 0. The highest BCUT2D eigenvalue weighted by atomic mass is 19.4. The Hall–Kier alpha value is -9.43. The molecular formula is C67H45F3N4. The number of aromatic nitrogens is 2. The number of benzene rings is 10. The maximum Gasteiger partial charge on any atom is 0.417 e. The zero-order valence-electron chi connectivity index (χ0n) is 41.0. The summed E-state index contributed by atoms with van der Waals surface area (Å²) in [6, 6.07) is 70.1. The van der Waals surface area contributed by atoms with Crippen molar-refractivity contribution in [3.8, 4) is 79.1 Å². The molecule has 0 radical (unpaired) electrons. The number of hydrogen-bond donors (Lipinski definition) is 0. The van der Waals surface area contributed by atoms with Crippen molar-refractivity contribution in [2.24, 2.45) is 0 Å². The third kappa shape index (κ3) is 7.44. The molecule has 0 N–H and O–H groups in total. The van der Waals surface area contributed by atoms with Crippen molar-refractivity contribution >= 4 is 43.6 Å². The standard InChI is InChI=1S/C67H45F3N4/c1-40-14-5-9-19-50(40)44-24-28-60-55(32-44)56-33-45(51-20-10-6-15-41(51)2)25-29-61(56)73(60)64-36-49(39-72)54(66-48(38-71)18-13-23-59(66)67(68,69)70)37-65(64)74-62-30-26-46(52-21-11-7-16-42(52)3)34-57(62)58-35-47(27-31-63(58)74)53-22-12-8-17-43(53)4/h5-37H,1-4H3. The van der Waals surface area contributed by atoms with Gasteiger partial charge in [0, 0.05) is 32.7 Å². The van der Waals surface area contributed by atoms with Crippen LogP contribution in [0.1, 0.15) is 38.9 Å². The Bertz CT molecular complexity index is 4180. The van der Waals surface area contributed by atoms with E-state index in [0.29, 0.717) is 11.4 Å². The van der Waals surface area contributed by atoms with Crippen LogP contribution >= 0.6 is 0 Å². The average molecular weight is 963 g/mol. The highest BCUT2D eigenvalue weighted by Gasteiger charge is 2.36. The predicted octanol–water partition coefficient (Wildman–Crippen LogP) is 18.2. The van der Waals surface area contributed by atoms with Gasteiger partial charge < -0.3 is 9.13 Å². The Labute approximate surface area is 426 Å². The van der Waals surface area contributed by atoms with Crippen LogP contribution in [-0.4, -0.2) is 9.13 Å². The Morgan fingerprint density at radius 2 is 0.689 bits per heavy atom. The van der Waals surface area contributed by atoms with Gasteiger partial charge in [0.25, 0.3) is 0 Å². The third-order valence-corrected chi connectivity index (χ3v) is 14.8. The maximum atomic E-state index is 15.3. The van der Waals surface area contributed by atoms with E-state index in [0.717, 1.165) is 116 Å². The van der Waals surface area contributed by atoms with Crippen LogP contribution in [-0.2, 0) is 6.18 Å². The van der Waals surface area contributed by atoms with E-state index in [9.17, 15) is 10.5 Å². The molecule has 0 atom stereocenters. The van der Waals surface area contributed by atoms with Crippen molar-refractivity contribution in [1.82, 2.24) is 9.13 Å². The SMILES string of the molecule is Cc1ccccc1-c1ccc2c(c1)c1cc(-c3ccccc3C)ccc1n2-c1cc(C#N)c(-c2c(C#N)cccc2C(F)(F)F)cc1-n1c2ccc(-c3ccccc3C)cc2c2cc(-c3ccccc3C)ccc21. The van der Waals surface area contributed by atoms with E-state index in [1.165, 1.54) is 12.1 Å². The number of hydrogen-bond acceptors (Lipinski definition) is 2. The fraction of sp³-hybridized carbons (Fsp3) is 0.0746. The second-order valence-electron chi connectivity index (χ2n) is 19.2. The van der Waals surface area contributed by atoms with Gasteiger partial charge in [-0.15, -0.1) is 0 Å². The van der Waals surface area contributed by atoms with Crippen molar-refractivity contribution in [3.05, 3.63) is 239 Å². The van der Waals surface area contributed by atoms with E-state index in [1.54, 1.807) is 12.1 Å². The first kappa shape index (κ1) is 45.7. The third-order valence-electron chi connectivity index (χ3n) is 14.8. The Kier molecular flexibility index (Phi) is 10.9. The summed E-state index contributed by atoms with van der Waals surface area (Å²) in [5.74, 6) is 0. The number of fused-ring (bicyclic) bond motifs is 6. The van der Waals surface area contributed by atoms with Gasteiger partial charge in [0.15, 0.2) is 0 Å². The molecule has 74 heavy (non-hydrogen) atoms. The lowest BCUT2D eigenvalue weighted by Gasteiger charge is -2.21. The molecule has 0 spiro atoms. The molecule has 12 rings (SSSR count). The summed E-state index contributed by atoms with van der Waals surface area (Å²) in [5.41, 5.74) is 15.8. The van der Waals surface area contributed by atoms with Crippen LogP contribution in [0, 0.1) is 50.4 Å². The molecule has 354 valence electrons. The average Bonchev–Trinajstić information content (AvgIpc) is 3.91. The molecule has 7 heteroatoms. The lowest BCUT2D eigenvalue weighted by atomic mass is 9.90. The van der Waals surface area contributed by atoms with Gasteiger partial charge >= 0.3 is 6.18 Å². The van der Waals surface area contributed by atoms with Gasteiger partial charge in [-0.05, 0) is 167 Å². The number of rotatable bonds is 7. The zero-order valence-corrected chi connectivity index (χ0v) is 41.0. The molecule has 0 amide bonds. The fourth-order valence-electron chi connectivity index (χ4n) is 11.2. The molecule has 0 bridgehead atoms. The summed E-state index contributed by atoms with van der Waals surface area (Å²) < 4.78 is 50.2. The first-order chi connectivity index (χ1) is 35.9. The van der Waals surface area contributed by atoms with Gasteiger partial charge in [-0.1, -0.05) is 127 Å². The molecule has 0 aliphatic heterocycles. The molecular weight excluding hydrogens is 918 g/mol. The highest BCUT2D eigenvalue weighted by Crippen LogP contribution is 2.47. The molecule has 0 aliphatic rings. The first-order valence-electron chi connectivity index (χ1n) is 24.5. The second-order valence-corrected chi connectivity index (χ2v) is 19.2. The number of aryl methyl sites for hydroxylation is 4. The quantitative estimate of drug-likeness (QED) is 0.160. The molecule has 0 saturated heterocycles. The second kappa shape index (κ2) is 17.7. The Morgan fingerprint density at radius 3 is 1.01 bits per heavy atom. The largest absolute Gasteiger partial charge is 0.417 e. The lowest BCUT2D eigenvalue weighted by molar-refractivity contribution is -0.137. The molecule has 2 heterocycles. The van der Waals surface area contributed by atoms with Crippen molar-refractivity contribution in [3.63, 3.8) is 0 Å². The summed E-state index contributed by atoms with van der Waals surface area (Å²) in [5, 5.41) is 25.6. The molecule has 0 unspecified atom stereocenters. The molecule has 0 saturated carbocycles. The number of nitrogens with zero attached hydrogens (tertiary/aromatic N) is 4. The van der Waals surface area contributed by atoms with Crippen LogP contribution in [0.4, 0.5) is 13.2 Å². The van der Waals surface area contributed by atoms with E-state index in [-0.39, 0.29) is 22.3 Å². The van der Waals surface area contributed by atoms with Crippen LogP contribution in [0.5, 0.6) is 0 Å². The number of alkyl halides is 3. The molecule has 0 fully saturated rings. The van der Waals surface area contributed by atoms with Crippen molar-refractivity contribution < 1.29 is 13.2 Å². The molecule has 0 aliphatic carbocycles. The van der Waals surface area contributed by atoms with Crippen LogP contribution in [0.25, 0.3) is 111 Å². The van der Waals surface area contributed by atoms with Crippen LogP contribution in [0.2, 0.25) is 0 Å². The van der Waals surface area contributed by atoms with Crippen LogP contribution in [0.3, 0.4) is 0 Å².